The highest BCUT2D eigenvalue weighted by Gasteiger charge is 2.35. The van der Waals surface area contributed by atoms with Gasteiger partial charge in [0, 0.05) is 12.0 Å². The van der Waals surface area contributed by atoms with E-state index in [1.807, 2.05) is 19.1 Å². The molecule has 2 aromatic rings. The van der Waals surface area contributed by atoms with Crippen molar-refractivity contribution in [3.05, 3.63) is 70.5 Å². The minimum atomic E-state index is -4.78. The fraction of sp³-hybridized carbons (Fsp3) is 0.250. The number of aliphatic hydroxyl groups is 1. The molecule has 2 rings (SSSR count). The van der Waals surface area contributed by atoms with Gasteiger partial charge in [0.1, 0.15) is 5.82 Å². The molecule has 0 bridgehead atoms. The van der Waals surface area contributed by atoms with Crippen LogP contribution in [0.25, 0.3) is 0 Å². The summed E-state index contributed by atoms with van der Waals surface area (Å²) < 4.78 is 51.9. The molecule has 1 N–H and O–H groups in total. The second-order valence-corrected chi connectivity index (χ2v) is 4.85. The molecule has 1 nitrogen and oxygen atoms in total. The Morgan fingerprint density at radius 3 is 2.33 bits per heavy atom. The predicted octanol–water partition coefficient (Wildman–Crippen LogP) is 4.43. The molecule has 0 fully saturated rings. The Hall–Kier alpha value is -1.88. The van der Waals surface area contributed by atoms with Crippen LogP contribution in [0.2, 0.25) is 0 Å². The first-order valence-corrected chi connectivity index (χ1v) is 6.39. The monoisotopic (exact) mass is 298 g/mol. The molecule has 21 heavy (non-hydrogen) atoms. The van der Waals surface area contributed by atoms with Crippen molar-refractivity contribution < 1.29 is 22.7 Å². The average molecular weight is 298 g/mol. The van der Waals surface area contributed by atoms with E-state index >= 15 is 0 Å². The molecule has 0 aliphatic rings. The summed E-state index contributed by atoms with van der Waals surface area (Å²) in [6.07, 6.45) is -6.04. The Kier molecular flexibility index (Phi) is 4.32. The van der Waals surface area contributed by atoms with Crippen LogP contribution in [-0.4, -0.2) is 5.11 Å². The van der Waals surface area contributed by atoms with Crippen LogP contribution < -0.4 is 0 Å². The Bertz CT molecular complexity index is 634. The first-order chi connectivity index (χ1) is 9.80. The maximum atomic E-state index is 13.9. The zero-order valence-electron chi connectivity index (χ0n) is 11.3. The zero-order valence-corrected chi connectivity index (χ0v) is 11.3. The first-order valence-electron chi connectivity index (χ1n) is 6.39. The molecule has 0 aliphatic carbocycles. The molecule has 112 valence electrons. The topological polar surface area (TPSA) is 20.2 Å². The summed E-state index contributed by atoms with van der Waals surface area (Å²) >= 11 is 0. The van der Waals surface area contributed by atoms with Crippen LogP contribution in [-0.2, 0) is 12.6 Å². The van der Waals surface area contributed by atoms with Gasteiger partial charge in [-0.1, -0.05) is 36.4 Å². The van der Waals surface area contributed by atoms with Crippen LogP contribution in [0, 0.1) is 12.7 Å². The quantitative estimate of drug-likeness (QED) is 0.831. The number of hydrogen-bond donors (Lipinski definition) is 1. The van der Waals surface area contributed by atoms with Gasteiger partial charge in [-0.05, 0) is 24.1 Å². The summed E-state index contributed by atoms with van der Waals surface area (Å²) in [5, 5.41) is 10.1. The molecule has 0 saturated carbocycles. The highest BCUT2D eigenvalue weighted by atomic mass is 19.4. The van der Waals surface area contributed by atoms with Crippen LogP contribution in [0.1, 0.15) is 28.4 Å². The SMILES string of the molecule is Cc1ccccc1CC(O)c1cccc(C(F)(F)F)c1F. The van der Waals surface area contributed by atoms with Crippen molar-refractivity contribution in [3.8, 4) is 0 Å². The van der Waals surface area contributed by atoms with Gasteiger partial charge in [0.05, 0.1) is 11.7 Å². The maximum Gasteiger partial charge on any atom is 0.419 e. The molecule has 5 heteroatoms. The normalized spacial score (nSPS) is 13.2. The van der Waals surface area contributed by atoms with Gasteiger partial charge in [0.2, 0.25) is 0 Å². The molecule has 0 spiro atoms. The highest BCUT2D eigenvalue weighted by molar-refractivity contribution is 5.32. The molecule has 0 radical (unpaired) electrons. The Morgan fingerprint density at radius 2 is 1.71 bits per heavy atom. The van der Waals surface area contributed by atoms with Crippen molar-refractivity contribution in [2.24, 2.45) is 0 Å². The number of halogens is 4. The van der Waals surface area contributed by atoms with Gasteiger partial charge in [-0.3, -0.25) is 0 Å². The molecule has 2 aromatic carbocycles. The number of rotatable bonds is 3. The molecule has 0 heterocycles. The van der Waals surface area contributed by atoms with Crippen molar-refractivity contribution >= 4 is 0 Å². The Labute approximate surface area is 119 Å². The Balaban J connectivity index is 2.32. The number of alkyl halides is 3. The van der Waals surface area contributed by atoms with E-state index in [9.17, 15) is 22.7 Å². The smallest absolute Gasteiger partial charge is 0.388 e. The molecular formula is C16H14F4O. The van der Waals surface area contributed by atoms with Crippen LogP contribution in [0.4, 0.5) is 17.6 Å². The lowest BCUT2D eigenvalue weighted by Gasteiger charge is -2.16. The van der Waals surface area contributed by atoms with Crippen molar-refractivity contribution in [1.29, 1.82) is 0 Å². The van der Waals surface area contributed by atoms with Crippen molar-refractivity contribution in [2.45, 2.75) is 25.6 Å². The summed E-state index contributed by atoms with van der Waals surface area (Å²) in [4.78, 5) is 0. The van der Waals surface area contributed by atoms with E-state index in [1.165, 1.54) is 6.07 Å². The number of hydrogen-bond acceptors (Lipinski definition) is 1. The van der Waals surface area contributed by atoms with Crippen molar-refractivity contribution in [1.82, 2.24) is 0 Å². The van der Waals surface area contributed by atoms with Gasteiger partial charge in [-0.2, -0.15) is 13.2 Å². The molecular weight excluding hydrogens is 284 g/mol. The minimum Gasteiger partial charge on any atom is -0.388 e. The molecule has 1 atom stereocenters. The zero-order chi connectivity index (χ0) is 15.6. The number of aliphatic hydroxyl groups excluding tert-OH is 1. The Morgan fingerprint density at radius 1 is 1.05 bits per heavy atom. The van der Waals surface area contributed by atoms with Gasteiger partial charge in [0.15, 0.2) is 0 Å². The molecule has 1 unspecified atom stereocenters. The van der Waals surface area contributed by atoms with E-state index in [0.29, 0.717) is 6.07 Å². The standard InChI is InChI=1S/C16H14F4O/c1-10-5-2-3-6-11(10)9-14(21)12-7-4-8-13(15(12)17)16(18,19)20/h2-8,14,21H,9H2,1H3. The third-order valence-electron chi connectivity index (χ3n) is 3.37. The number of aryl methyl sites for hydroxylation is 1. The van der Waals surface area contributed by atoms with E-state index in [4.69, 9.17) is 0 Å². The second kappa shape index (κ2) is 5.85. The minimum absolute atomic E-state index is 0.0604. The highest BCUT2D eigenvalue weighted by Crippen LogP contribution is 2.34. The third kappa shape index (κ3) is 3.42. The maximum absolute atomic E-state index is 13.9. The molecule has 0 saturated heterocycles. The summed E-state index contributed by atoms with van der Waals surface area (Å²) in [7, 11) is 0. The van der Waals surface area contributed by atoms with Crippen molar-refractivity contribution in [3.63, 3.8) is 0 Å². The van der Waals surface area contributed by atoms with Crippen molar-refractivity contribution in [2.75, 3.05) is 0 Å². The van der Waals surface area contributed by atoms with E-state index in [2.05, 4.69) is 0 Å². The summed E-state index contributed by atoms with van der Waals surface area (Å²) in [6.45, 7) is 1.82. The second-order valence-electron chi connectivity index (χ2n) is 4.85. The number of benzene rings is 2. The predicted molar refractivity (Wildman–Crippen MR) is 71.2 cm³/mol. The summed E-state index contributed by atoms with van der Waals surface area (Å²) in [6, 6.07) is 10.1. The van der Waals surface area contributed by atoms with Crippen LogP contribution in [0.15, 0.2) is 42.5 Å². The van der Waals surface area contributed by atoms with Gasteiger partial charge in [0.25, 0.3) is 0 Å². The van der Waals surface area contributed by atoms with E-state index in [0.717, 1.165) is 17.2 Å². The lowest BCUT2D eigenvalue weighted by atomic mass is 9.96. The summed E-state index contributed by atoms with van der Waals surface area (Å²) in [5.41, 5.74) is -0.0392. The van der Waals surface area contributed by atoms with Crippen LogP contribution in [0.3, 0.4) is 0 Å². The third-order valence-corrected chi connectivity index (χ3v) is 3.37. The van der Waals surface area contributed by atoms with E-state index in [1.54, 1.807) is 12.1 Å². The van der Waals surface area contributed by atoms with Crippen LogP contribution in [0.5, 0.6) is 0 Å². The lowest BCUT2D eigenvalue weighted by molar-refractivity contribution is -0.140. The van der Waals surface area contributed by atoms with Gasteiger partial charge >= 0.3 is 6.18 Å². The fourth-order valence-corrected chi connectivity index (χ4v) is 2.18. The molecule has 0 aromatic heterocycles. The van der Waals surface area contributed by atoms with Gasteiger partial charge in [-0.15, -0.1) is 0 Å². The molecule has 0 amide bonds. The van der Waals surface area contributed by atoms with E-state index in [-0.39, 0.29) is 12.0 Å². The first kappa shape index (κ1) is 15.5. The lowest BCUT2D eigenvalue weighted by Crippen LogP contribution is -2.13. The van der Waals surface area contributed by atoms with E-state index < -0.39 is 23.7 Å². The largest absolute Gasteiger partial charge is 0.419 e. The fourth-order valence-electron chi connectivity index (χ4n) is 2.18. The average Bonchev–Trinajstić information content (AvgIpc) is 2.40. The van der Waals surface area contributed by atoms with Gasteiger partial charge in [-0.25, -0.2) is 4.39 Å². The van der Waals surface area contributed by atoms with Crippen LogP contribution >= 0.6 is 0 Å². The van der Waals surface area contributed by atoms with Gasteiger partial charge < -0.3 is 5.11 Å². The summed E-state index contributed by atoms with van der Waals surface area (Å²) in [5.74, 6) is -1.41. The molecule has 0 aliphatic heterocycles.